The number of β-amino-alcohol motifs (C(OH)–C–C–N with tert-alkyl or cyclic N) is 1. The summed E-state index contributed by atoms with van der Waals surface area (Å²) < 4.78 is 28.1. The van der Waals surface area contributed by atoms with Gasteiger partial charge in [-0.3, -0.25) is 9.59 Å². The van der Waals surface area contributed by atoms with Crippen molar-refractivity contribution >= 4 is 21.8 Å². The smallest absolute Gasteiger partial charge is 0.262 e. The first-order valence-electron chi connectivity index (χ1n) is 8.86. The van der Waals surface area contributed by atoms with E-state index in [1.165, 1.54) is 21.4 Å². The average Bonchev–Trinajstić information content (AvgIpc) is 2.95. The second-order valence-corrected chi connectivity index (χ2v) is 8.85. The molecule has 1 saturated heterocycles. The van der Waals surface area contributed by atoms with E-state index in [4.69, 9.17) is 5.73 Å². The Morgan fingerprint density at radius 1 is 1.48 bits per heavy atom. The molecule has 2 rings (SSSR count). The zero-order valence-electron chi connectivity index (χ0n) is 15.5. The number of rotatable bonds is 7. The van der Waals surface area contributed by atoms with Gasteiger partial charge in [0.1, 0.15) is 0 Å². The number of primary amides is 1. The summed E-state index contributed by atoms with van der Waals surface area (Å²) in [6.45, 7) is 1.76. The van der Waals surface area contributed by atoms with Crippen molar-refractivity contribution in [3.63, 3.8) is 0 Å². The van der Waals surface area contributed by atoms with Gasteiger partial charge in [0.05, 0.1) is 18.5 Å². The minimum Gasteiger partial charge on any atom is -0.390 e. The fraction of sp³-hybridized carbons (Fsp3) is 0.688. The average molecular weight is 401 g/mol. The summed E-state index contributed by atoms with van der Waals surface area (Å²) in [6, 6.07) is -0.551. The predicted molar refractivity (Wildman–Crippen MR) is 96.7 cm³/mol. The molecule has 3 atom stereocenters. The number of carbonyl (C=O) groups is 2. The Morgan fingerprint density at radius 2 is 2.19 bits per heavy atom. The predicted octanol–water partition coefficient (Wildman–Crippen LogP) is -1.05. The molecule has 11 heteroatoms. The van der Waals surface area contributed by atoms with Crippen molar-refractivity contribution in [3.05, 3.63) is 12.5 Å². The van der Waals surface area contributed by atoms with Crippen LogP contribution in [-0.2, 0) is 26.7 Å². The van der Waals surface area contributed by atoms with Crippen LogP contribution in [0.5, 0.6) is 0 Å². The van der Waals surface area contributed by atoms with Crippen LogP contribution in [-0.4, -0.2) is 64.4 Å². The van der Waals surface area contributed by atoms with Crippen LogP contribution in [0.3, 0.4) is 0 Å². The normalized spacial score (nSPS) is 22.8. The molecular weight excluding hydrogens is 374 g/mol. The van der Waals surface area contributed by atoms with Gasteiger partial charge in [-0.1, -0.05) is 6.92 Å². The van der Waals surface area contributed by atoms with Gasteiger partial charge in [-0.2, -0.15) is 4.31 Å². The summed E-state index contributed by atoms with van der Waals surface area (Å²) >= 11 is 0. The Morgan fingerprint density at radius 3 is 2.78 bits per heavy atom. The molecule has 0 spiro atoms. The molecule has 27 heavy (non-hydrogen) atoms. The van der Waals surface area contributed by atoms with E-state index in [-0.39, 0.29) is 30.4 Å². The SMILES string of the molecule is CC(CCC(=O)NC1CCCN(S(=O)(=O)c2cn(C)cn2)C[C@@H]1O)C(N)=O. The molecule has 1 fully saturated rings. The van der Waals surface area contributed by atoms with Gasteiger partial charge in [-0.05, 0) is 19.3 Å². The third kappa shape index (κ3) is 5.50. The molecule has 1 aromatic rings. The maximum absolute atomic E-state index is 12.7. The number of nitrogens with one attached hydrogen (secondary N) is 1. The Hall–Kier alpha value is -1.98. The monoisotopic (exact) mass is 401 g/mol. The van der Waals surface area contributed by atoms with Crippen molar-refractivity contribution in [1.29, 1.82) is 0 Å². The fourth-order valence-corrected chi connectivity index (χ4v) is 4.38. The molecule has 0 bridgehead atoms. The van der Waals surface area contributed by atoms with E-state index in [0.717, 1.165) is 0 Å². The first-order valence-corrected chi connectivity index (χ1v) is 10.3. The van der Waals surface area contributed by atoms with Gasteiger partial charge >= 0.3 is 0 Å². The number of hydrogen-bond donors (Lipinski definition) is 3. The third-order valence-corrected chi connectivity index (χ3v) is 6.45. The van der Waals surface area contributed by atoms with Crippen LogP contribution in [0.1, 0.15) is 32.6 Å². The van der Waals surface area contributed by atoms with Crippen molar-refractivity contribution in [2.45, 2.75) is 49.8 Å². The minimum absolute atomic E-state index is 0.0693. The molecule has 0 aromatic carbocycles. The Labute approximate surface area is 158 Å². The second-order valence-electron chi connectivity index (χ2n) is 6.97. The highest BCUT2D eigenvalue weighted by Gasteiger charge is 2.34. The number of aryl methyl sites for hydroxylation is 1. The molecule has 10 nitrogen and oxygen atoms in total. The summed E-state index contributed by atoms with van der Waals surface area (Å²) in [7, 11) is -2.13. The van der Waals surface area contributed by atoms with Crippen LogP contribution < -0.4 is 11.1 Å². The molecule has 1 aliphatic heterocycles. The molecule has 0 radical (unpaired) electrons. The molecule has 2 heterocycles. The number of aromatic nitrogens is 2. The van der Waals surface area contributed by atoms with Gasteiger partial charge < -0.3 is 20.7 Å². The van der Waals surface area contributed by atoms with Crippen molar-refractivity contribution < 1.29 is 23.1 Å². The summed E-state index contributed by atoms with van der Waals surface area (Å²) in [5.74, 6) is -1.17. The van der Waals surface area contributed by atoms with E-state index < -0.39 is 34.0 Å². The van der Waals surface area contributed by atoms with Crippen molar-refractivity contribution in [2.75, 3.05) is 13.1 Å². The van der Waals surface area contributed by atoms with Crippen LogP contribution in [0.15, 0.2) is 17.6 Å². The Kier molecular flexibility index (Phi) is 6.95. The Balaban J connectivity index is 1.96. The zero-order chi connectivity index (χ0) is 20.2. The standard InChI is InChI=1S/C16H27N5O5S/c1-11(16(17)24)5-6-14(23)19-12-4-3-7-21(8-13(12)22)27(25,26)15-9-20(2)10-18-15/h9-13,22H,3-8H2,1-2H3,(H2,17,24)(H,19,23)/t11?,12?,13-/m0/s1. The van der Waals surface area contributed by atoms with Crippen LogP contribution in [0, 0.1) is 5.92 Å². The van der Waals surface area contributed by atoms with Crippen molar-refractivity contribution in [1.82, 2.24) is 19.2 Å². The van der Waals surface area contributed by atoms with Gasteiger partial charge in [0, 0.05) is 38.7 Å². The molecule has 1 aliphatic rings. The lowest BCUT2D eigenvalue weighted by Gasteiger charge is -2.24. The second kappa shape index (κ2) is 8.81. The highest BCUT2D eigenvalue weighted by atomic mass is 32.2. The summed E-state index contributed by atoms with van der Waals surface area (Å²) in [6.07, 6.45) is 3.15. The van der Waals surface area contributed by atoms with Crippen LogP contribution in [0.4, 0.5) is 0 Å². The molecule has 2 unspecified atom stereocenters. The first-order chi connectivity index (χ1) is 12.6. The largest absolute Gasteiger partial charge is 0.390 e. The van der Waals surface area contributed by atoms with E-state index in [9.17, 15) is 23.1 Å². The number of aliphatic hydroxyl groups excluding tert-OH is 1. The number of hydrogen-bond acceptors (Lipinski definition) is 6. The lowest BCUT2D eigenvalue weighted by atomic mass is 10.0. The van der Waals surface area contributed by atoms with E-state index in [0.29, 0.717) is 19.3 Å². The molecular formula is C16H27N5O5S. The molecule has 152 valence electrons. The molecule has 2 amide bonds. The molecule has 0 aliphatic carbocycles. The van der Waals surface area contributed by atoms with Gasteiger partial charge in [-0.15, -0.1) is 0 Å². The van der Waals surface area contributed by atoms with Gasteiger partial charge in [0.25, 0.3) is 10.0 Å². The van der Waals surface area contributed by atoms with Crippen LogP contribution in [0.25, 0.3) is 0 Å². The van der Waals surface area contributed by atoms with Gasteiger partial charge in [0.15, 0.2) is 5.03 Å². The van der Waals surface area contributed by atoms with Crippen molar-refractivity contribution in [2.24, 2.45) is 18.7 Å². The van der Waals surface area contributed by atoms with E-state index >= 15 is 0 Å². The quantitative estimate of drug-likeness (QED) is 0.531. The number of nitrogens with zero attached hydrogens (tertiary/aromatic N) is 3. The topological polar surface area (TPSA) is 148 Å². The Bertz CT molecular complexity index is 778. The van der Waals surface area contributed by atoms with E-state index in [1.807, 2.05) is 0 Å². The lowest BCUT2D eigenvalue weighted by Crippen LogP contribution is -2.47. The lowest BCUT2D eigenvalue weighted by molar-refractivity contribution is -0.124. The highest BCUT2D eigenvalue weighted by molar-refractivity contribution is 7.89. The zero-order valence-corrected chi connectivity index (χ0v) is 16.4. The fourth-order valence-electron chi connectivity index (χ4n) is 2.92. The maximum atomic E-state index is 12.7. The van der Waals surface area contributed by atoms with Gasteiger partial charge in [-0.25, -0.2) is 13.4 Å². The number of aliphatic hydroxyl groups is 1. The summed E-state index contributed by atoms with van der Waals surface area (Å²) in [4.78, 5) is 27.0. The summed E-state index contributed by atoms with van der Waals surface area (Å²) in [5.41, 5.74) is 5.18. The third-order valence-electron chi connectivity index (χ3n) is 4.70. The molecule has 1 aromatic heterocycles. The van der Waals surface area contributed by atoms with E-state index in [2.05, 4.69) is 10.3 Å². The molecule has 0 saturated carbocycles. The van der Waals surface area contributed by atoms with Crippen LogP contribution in [0.2, 0.25) is 0 Å². The van der Waals surface area contributed by atoms with Crippen LogP contribution >= 0.6 is 0 Å². The number of amides is 2. The highest BCUT2D eigenvalue weighted by Crippen LogP contribution is 2.20. The number of nitrogens with two attached hydrogens (primary N) is 1. The molecule has 4 N–H and O–H groups in total. The number of carbonyl (C=O) groups excluding carboxylic acids is 2. The maximum Gasteiger partial charge on any atom is 0.262 e. The first kappa shape index (κ1) is 21.3. The summed E-state index contributed by atoms with van der Waals surface area (Å²) in [5, 5.41) is 13.1. The minimum atomic E-state index is -3.80. The van der Waals surface area contributed by atoms with Crippen molar-refractivity contribution in [3.8, 4) is 0 Å². The number of imidazole rings is 1. The van der Waals surface area contributed by atoms with Gasteiger partial charge in [0.2, 0.25) is 11.8 Å². The number of sulfonamides is 1. The van der Waals surface area contributed by atoms with E-state index in [1.54, 1.807) is 14.0 Å².